The second-order valence-electron chi connectivity index (χ2n) is 10.4. The zero-order valence-electron chi connectivity index (χ0n) is 21.3. The molecule has 10 nitrogen and oxygen atoms in total. The van der Waals surface area contributed by atoms with Gasteiger partial charge in [0.1, 0.15) is 5.82 Å². The zero-order valence-corrected chi connectivity index (χ0v) is 21.3. The molecule has 2 N–H and O–H groups in total. The first-order chi connectivity index (χ1) is 17.0. The Morgan fingerprint density at radius 2 is 1.94 bits per heavy atom. The van der Waals surface area contributed by atoms with E-state index in [4.69, 9.17) is 10.1 Å². The van der Waals surface area contributed by atoms with Gasteiger partial charge in [-0.25, -0.2) is 4.98 Å². The summed E-state index contributed by atoms with van der Waals surface area (Å²) in [6, 6.07) is 0.418. The highest BCUT2D eigenvalue weighted by Crippen LogP contribution is 2.42. The molecular formula is C25H39N9O. The number of hydrogen-bond donors (Lipinski definition) is 2. The molecule has 0 bridgehead atoms. The highest BCUT2D eigenvalue weighted by Gasteiger charge is 2.28. The van der Waals surface area contributed by atoms with Crippen LogP contribution < -0.4 is 10.6 Å². The van der Waals surface area contributed by atoms with E-state index in [0.29, 0.717) is 24.3 Å². The maximum atomic E-state index is 12.4. The van der Waals surface area contributed by atoms with Crippen molar-refractivity contribution in [2.45, 2.75) is 51.0 Å². The van der Waals surface area contributed by atoms with Crippen LogP contribution >= 0.6 is 0 Å². The van der Waals surface area contributed by atoms with E-state index in [9.17, 15) is 4.79 Å². The maximum absolute atomic E-state index is 12.4. The van der Waals surface area contributed by atoms with Crippen LogP contribution in [-0.4, -0.2) is 100 Å². The quantitative estimate of drug-likeness (QED) is 0.528. The lowest BCUT2D eigenvalue weighted by Crippen LogP contribution is -2.34. The number of amides is 1. The average Bonchev–Trinajstić information content (AvgIpc) is 3.53. The Morgan fingerprint density at radius 1 is 1.09 bits per heavy atom. The number of hydrogen-bond acceptors (Lipinski definition) is 8. The number of anilines is 3. The molecule has 1 amide bonds. The number of nitrogens with one attached hydrogen (secondary N) is 2. The lowest BCUT2D eigenvalue weighted by molar-refractivity contribution is -0.130. The van der Waals surface area contributed by atoms with E-state index in [-0.39, 0.29) is 5.91 Å². The minimum Gasteiger partial charge on any atom is -0.370 e. The summed E-state index contributed by atoms with van der Waals surface area (Å²) in [6.07, 6.45) is 9.08. The molecule has 2 saturated heterocycles. The van der Waals surface area contributed by atoms with Gasteiger partial charge in [0.25, 0.3) is 0 Å². The molecule has 3 fully saturated rings. The van der Waals surface area contributed by atoms with Gasteiger partial charge >= 0.3 is 0 Å². The van der Waals surface area contributed by atoms with Gasteiger partial charge in [-0.2, -0.15) is 10.1 Å². The van der Waals surface area contributed by atoms with E-state index in [1.165, 1.54) is 18.4 Å². The SMILES string of the molecule is Cc1nn(C2CCN(C)C2)cc1Nc1ncc(C2CC2)c(NCCCN2CCN(C)CCC2=O)n1. The first-order valence-electron chi connectivity index (χ1n) is 13.0. The third-order valence-electron chi connectivity index (χ3n) is 7.45. The molecule has 10 heteroatoms. The standard InChI is InChI=1S/C25H39N9O/c1-18-22(17-34(30-18)20-7-11-32(3)16-20)28-25-27-15-21(19-5-6-19)24(29-25)26-9-4-10-33-14-13-31(2)12-8-23(33)35/h15,17,19-20H,4-14,16H2,1-3H3,(H2,26,27,28,29). The normalized spacial score (nSPS) is 22.0. The van der Waals surface area contributed by atoms with Gasteiger partial charge in [-0.1, -0.05) is 0 Å². The number of likely N-dealkylation sites (tertiary alicyclic amines) is 1. The van der Waals surface area contributed by atoms with Crippen molar-refractivity contribution < 1.29 is 4.79 Å². The lowest BCUT2D eigenvalue weighted by atomic mass is 10.2. The first-order valence-corrected chi connectivity index (χ1v) is 13.0. The number of aryl methyl sites for hydroxylation is 1. The monoisotopic (exact) mass is 481 g/mol. The molecule has 2 aliphatic heterocycles. The van der Waals surface area contributed by atoms with Gasteiger partial charge < -0.3 is 25.3 Å². The number of nitrogens with zero attached hydrogens (tertiary/aromatic N) is 7. The van der Waals surface area contributed by atoms with Crippen molar-refractivity contribution in [2.75, 3.05) is 70.5 Å². The number of carbonyl (C=O) groups is 1. The van der Waals surface area contributed by atoms with Crippen molar-refractivity contribution in [3.05, 3.63) is 23.7 Å². The second kappa shape index (κ2) is 10.5. The van der Waals surface area contributed by atoms with Crippen LogP contribution in [0.15, 0.2) is 12.4 Å². The molecule has 1 atom stereocenters. The largest absolute Gasteiger partial charge is 0.370 e. The van der Waals surface area contributed by atoms with Crippen molar-refractivity contribution in [1.82, 2.24) is 34.4 Å². The average molecular weight is 482 g/mol. The minimum absolute atomic E-state index is 0.265. The molecule has 1 saturated carbocycles. The van der Waals surface area contributed by atoms with Crippen molar-refractivity contribution in [2.24, 2.45) is 0 Å². The van der Waals surface area contributed by atoms with Gasteiger partial charge in [0.15, 0.2) is 0 Å². The Bertz CT molecular complexity index is 1030. The molecule has 2 aromatic heterocycles. The summed E-state index contributed by atoms with van der Waals surface area (Å²) in [5.41, 5.74) is 3.11. The molecule has 4 heterocycles. The summed E-state index contributed by atoms with van der Waals surface area (Å²) in [6.45, 7) is 8.33. The summed E-state index contributed by atoms with van der Waals surface area (Å²) in [7, 11) is 4.24. The molecule has 190 valence electrons. The van der Waals surface area contributed by atoms with Gasteiger partial charge in [-0.05, 0) is 59.2 Å². The van der Waals surface area contributed by atoms with E-state index in [2.05, 4.69) is 50.4 Å². The molecule has 3 aliphatic rings. The summed E-state index contributed by atoms with van der Waals surface area (Å²) < 4.78 is 2.08. The Balaban J connectivity index is 1.21. The Kier molecular flexibility index (Phi) is 7.19. The Morgan fingerprint density at radius 3 is 2.71 bits per heavy atom. The summed E-state index contributed by atoms with van der Waals surface area (Å²) in [5, 5.41) is 11.7. The molecule has 2 aromatic rings. The fourth-order valence-electron chi connectivity index (χ4n) is 5.01. The fraction of sp³-hybridized carbons (Fsp3) is 0.680. The molecule has 0 aromatic carbocycles. The van der Waals surface area contributed by atoms with Gasteiger partial charge in [-0.15, -0.1) is 0 Å². The Hall–Kier alpha value is -2.72. The predicted octanol–water partition coefficient (Wildman–Crippen LogP) is 2.45. The van der Waals surface area contributed by atoms with E-state index in [1.54, 1.807) is 0 Å². The number of carbonyl (C=O) groups excluding carboxylic acids is 1. The highest BCUT2D eigenvalue weighted by atomic mass is 16.2. The smallest absolute Gasteiger partial charge is 0.229 e. The number of rotatable bonds is 9. The van der Waals surface area contributed by atoms with Crippen LogP contribution in [0.4, 0.5) is 17.5 Å². The van der Waals surface area contributed by atoms with E-state index in [0.717, 1.165) is 75.9 Å². The molecular weight excluding hydrogens is 442 g/mol. The van der Waals surface area contributed by atoms with Crippen LogP contribution in [0, 0.1) is 6.92 Å². The molecule has 1 unspecified atom stereocenters. The van der Waals surface area contributed by atoms with Crippen molar-refractivity contribution in [3.63, 3.8) is 0 Å². The first kappa shape index (κ1) is 24.0. The molecule has 1 aliphatic carbocycles. The van der Waals surface area contributed by atoms with E-state index in [1.807, 2.05) is 18.0 Å². The molecule has 0 spiro atoms. The van der Waals surface area contributed by atoms with Crippen LogP contribution in [0.25, 0.3) is 0 Å². The zero-order chi connectivity index (χ0) is 24.4. The number of likely N-dealkylation sites (N-methyl/N-ethyl adjacent to an activating group) is 2. The lowest BCUT2D eigenvalue weighted by Gasteiger charge is -2.21. The van der Waals surface area contributed by atoms with Gasteiger partial charge in [0, 0.05) is 63.6 Å². The van der Waals surface area contributed by atoms with Gasteiger partial charge in [0.05, 0.1) is 17.4 Å². The third-order valence-corrected chi connectivity index (χ3v) is 7.45. The van der Waals surface area contributed by atoms with Crippen molar-refractivity contribution in [3.8, 4) is 0 Å². The summed E-state index contributed by atoms with van der Waals surface area (Å²) in [4.78, 5) is 28.4. The predicted molar refractivity (Wildman–Crippen MR) is 137 cm³/mol. The maximum Gasteiger partial charge on any atom is 0.229 e. The third kappa shape index (κ3) is 5.92. The van der Waals surface area contributed by atoms with Crippen LogP contribution in [0.5, 0.6) is 0 Å². The number of aromatic nitrogens is 4. The molecule has 5 rings (SSSR count). The van der Waals surface area contributed by atoms with Crippen molar-refractivity contribution in [1.29, 1.82) is 0 Å². The van der Waals surface area contributed by atoms with Crippen LogP contribution in [0.3, 0.4) is 0 Å². The Labute approximate surface area is 208 Å². The second-order valence-corrected chi connectivity index (χ2v) is 10.4. The van der Waals surface area contributed by atoms with Crippen molar-refractivity contribution >= 4 is 23.4 Å². The van der Waals surface area contributed by atoms with Crippen LogP contribution in [0.2, 0.25) is 0 Å². The van der Waals surface area contributed by atoms with Crippen LogP contribution in [0.1, 0.15) is 55.3 Å². The van der Waals surface area contributed by atoms with Gasteiger partial charge in [0.2, 0.25) is 11.9 Å². The highest BCUT2D eigenvalue weighted by molar-refractivity contribution is 5.76. The van der Waals surface area contributed by atoms with Crippen LogP contribution in [-0.2, 0) is 4.79 Å². The minimum atomic E-state index is 0.265. The van der Waals surface area contributed by atoms with E-state index >= 15 is 0 Å². The van der Waals surface area contributed by atoms with E-state index < -0.39 is 0 Å². The summed E-state index contributed by atoms with van der Waals surface area (Å²) >= 11 is 0. The fourth-order valence-corrected chi connectivity index (χ4v) is 5.01. The molecule has 0 radical (unpaired) electrons. The topological polar surface area (TPSA) is 94.5 Å². The van der Waals surface area contributed by atoms with Gasteiger partial charge in [-0.3, -0.25) is 9.48 Å². The molecule has 35 heavy (non-hydrogen) atoms. The summed E-state index contributed by atoms with van der Waals surface area (Å²) in [5.74, 6) is 2.32.